The fourth-order valence-electron chi connectivity index (χ4n) is 1.70. The predicted octanol–water partition coefficient (Wildman–Crippen LogP) is -0.328. The third-order valence-electron chi connectivity index (χ3n) is 2.53. The first-order chi connectivity index (χ1) is 6.60. The van der Waals surface area contributed by atoms with Crippen molar-refractivity contribution in [2.24, 2.45) is 11.1 Å². The van der Waals surface area contributed by atoms with Gasteiger partial charge in [-0.2, -0.15) is 5.26 Å². The number of hydrogen-bond acceptors (Lipinski definition) is 3. The van der Waals surface area contributed by atoms with Gasteiger partial charge in [-0.3, -0.25) is 9.59 Å². The third-order valence-corrected chi connectivity index (χ3v) is 2.53. The molecule has 1 aliphatic carbocycles. The van der Waals surface area contributed by atoms with Gasteiger partial charge in [0.05, 0.1) is 12.6 Å². The minimum absolute atomic E-state index is 0.192. The smallest absolute Gasteiger partial charge is 0.240 e. The summed E-state index contributed by atoms with van der Waals surface area (Å²) in [6.45, 7) is -0.192. The Kier molecular flexibility index (Phi) is 3.07. The van der Waals surface area contributed by atoms with Crippen molar-refractivity contribution in [1.82, 2.24) is 5.32 Å². The van der Waals surface area contributed by atoms with Crippen LogP contribution in [0.1, 0.15) is 25.7 Å². The number of hydrogen-bond donors (Lipinski definition) is 2. The standard InChI is InChI=1S/C9H13N3O2/c10-6-9(3-1-2-4-9)8(14)12-5-7(11)13/h1-5H2,(H2,11,13)(H,12,14). The minimum atomic E-state index is -0.921. The predicted molar refractivity (Wildman–Crippen MR) is 48.7 cm³/mol. The lowest BCUT2D eigenvalue weighted by Crippen LogP contribution is -2.42. The van der Waals surface area contributed by atoms with Gasteiger partial charge in [0.1, 0.15) is 5.41 Å². The Labute approximate surface area is 82.3 Å². The highest BCUT2D eigenvalue weighted by molar-refractivity contribution is 5.89. The van der Waals surface area contributed by atoms with Crippen molar-refractivity contribution in [3.8, 4) is 6.07 Å². The summed E-state index contributed by atoms with van der Waals surface area (Å²) >= 11 is 0. The molecule has 0 saturated heterocycles. The van der Waals surface area contributed by atoms with Crippen LogP contribution in [0, 0.1) is 16.7 Å². The molecule has 1 saturated carbocycles. The molecule has 76 valence electrons. The van der Waals surface area contributed by atoms with Gasteiger partial charge in [0.2, 0.25) is 11.8 Å². The lowest BCUT2D eigenvalue weighted by molar-refractivity contribution is -0.130. The first-order valence-electron chi connectivity index (χ1n) is 4.58. The Bertz CT molecular complexity index is 287. The van der Waals surface area contributed by atoms with Crippen molar-refractivity contribution < 1.29 is 9.59 Å². The van der Waals surface area contributed by atoms with Gasteiger partial charge in [0, 0.05) is 0 Å². The Morgan fingerprint density at radius 1 is 1.43 bits per heavy atom. The summed E-state index contributed by atoms with van der Waals surface area (Å²) in [6.07, 6.45) is 2.93. The minimum Gasteiger partial charge on any atom is -0.368 e. The van der Waals surface area contributed by atoms with Crippen molar-refractivity contribution in [1.29, 1.82) is 5.26 Å². The molecule has 0 aromatic heterocycles. The van der Waals surface area contributed by atoms with Gasteiger partial charge in [-0.25, -0.2) is 0 Å². The van der Waals surface area contributed by atoms with E-state index in [2.05, 4.69) is 5.32 Å². The van der Waals surface area contributed by atoms with Crippen LogP contribution in [-0.4, -0.2) is 18.4 Å². The van der Waals surface area contributed by atoms with E-state index in [4.69, 9.17) is 11.0 Å². The lowest BCUT2D eigenvalue weighted by Gasteiger charge is -2.18. The lowest BCUT2D eigenvalue weighted by atomic mass is 9.87. The first-order valence-corrected chi connectivity index (χ1v) is 4.58. The zero-order valence-corrected chi connectivity index (χ0v) is 7.88. The largest absolute Gasteiger partial charge is 0.368 e. The topological polar surface area (TPSA) is 96.0 Å². The van der Waals surface area contributed by atoms with E-state index in [1.54, 1.807) is 0 Å². The molecule has 0 atom stereocenters. The van der Waals surface area contributed by atoms with Gasteiger partial charge in [-0.15, -0.1) is 0 Å². The van der Waals surface area contributed by atoms with Gasteiger partial charge in [0.25, 0.3) is 0 Å². The molecule has 1 aliphatic rings. The molecule has 14 heavy (non-hydrogen) atoms. The third kappa shape index (κ3) is 2.02. The number of primary amides is 1. The molecule has 5 nitrogen and oxygen atoms in total. The second kappa shape index (κ2) is 4.09. The van der Waals surface area contributed by atoms with Gasteiger partial charge in [-0.1, -0.05) is 12.8 Å². The van der Waals surface area contributed by atoms with E-state index in [1.165, 1.54) is 0 Å². The molecule has 1 fully saturated rings. The van der Waals surface area contributed by atoms with Crippen LogP contribution in [0.25, 0.3) is 0 Å². The fourth-order valence-corrected chi connectivity index (χ4v) is 1.70. The number of carbonyl (C=O) groups is 2. The zero-order valence-electron chi connectivity index (χ0n) is 7.88. The van der Waals surface area contributed by atoms with E-state index < -0.39 is 11.3 Å². The van der Waals surface area contributed by atoms with Crippen molar-refractivity contribution in [2.75, 3.05) is 6.54 Å². The van der Waals surface area contributed by atoms with E-state index in [0.29, 0.717) is 12.8 Å². The summed E-state index contributed by atoms with van der Waals surface area (Å²) in [4.78, 5) is 22.0. The van der Waals surface area contributed by atoms with Crippen LogP contribution < -0.4 is 11.1 Å². The maximum absolute atomic E-state index is 11.6. The Balaban J connectivity index is 2.58. The quantitative estimate of drug-likeness (QED) is 0.645. The highest BCUT2D eigenvalue weighted by Gasteiger charge is 2.41. The SMILES string of the molecule is N#CC1(C(=O)NCC(N)=O)CCCC1. The number of rotatable bonds is 3. The second-order valence-corrected chi connectivity index (χ2v) is 3.55. The van der Waals surface area contributed by atoms with Gasteiger partial charge < -0.3 is 11.1 Å². The number of amides is 2. The summed E-state index contributed by atoms with van der Waals surface area (Å²) in [5.41, 5.74) is 3.97. The molecule has 0 radical (unpaired) electrons. The maximum atomic E-state index is 11.6. The van der Waals surface area contributed by atoms with Gasteiger partial charge in [-0.05, 0) is 12.8 Å². The van der Waals surface area contributed by atoms with Crippen molar-refractivity contribution in [2.45, 2.75) is 25.7 Å². The summed E-state index contributed by atoms with van der Waals surface area (Å²) in [6, 6.07) is 2.04. The second-order valence-electron chi connectivity index (χ2n) is 3.55. The molecule has 0 unspecified atom stereocenters. The summed E-state index contributed by atoms with van der Waals surface area (Å²) in [7, 11) is 0. The summed E-state index contributed by atoms with van der Waals surface area (Å²) in [5.74, 6) is -0.958. The molecule has 0 aromatic rings. The number of nitriles is 1. The molecule has 1 rings (SSSR count). The van der Waals surface area contributed by atoms with Crippen LogP contribution in [0.4, 0.5) is 0 Å². The van der Waals surface area contributed by atoms with Gasteiger partial charge in [0.15, 0.2) is 0 Å². The molecule has 2 amide bonds. The van der Waals surface area contributed by atoms with Crippen molar-refractivity contribution in [3.05, 3.63) is 0 Å². The Morgan fingerprint density at radius 3 is 2.43 bits per heavy atom. The monoisotopic (exact) mass is 195 g/mol. The average molecular weight is 195 g/mol. The number of nitrogens with one attached hydrogen (secondary N) is 1. The molecule has 3 N–H and O–H groups in total. The van der Waals surface area contributed by atoms with E-state index >= 15 is 0 Å². The normalized spacial score (nSPS) is 18.5. The maximum Gasteiger partial charge on any atom is 0.240 e. The van der Waals surface area contributed by atoms with Gasteiger partial charge >= 0.3 is 0 Å². The van der Waals surface area contributed by atoms with Crippen LogP contribution in [0.3, 0.4) is 0 Å². The highest BCUT2D eigenvalue weighted by Crippen LogP contribution is 2.37. The van der Waals surface area contributed by atoms with Crippen LogP contribution in [-0.2, 0) is 9.59 Å². The summed E-state index contributed by atoms with van der Waals surface area (Å²) in [5, 5.41) is 11.3. The zero-order chi connectivity index (χ0) is 10.6. The highest BCUT2D eigenvalue weighted by atomic mass is 16.2. The molecular weight excluding hydrogens is 182 g/mol. The van der Waals surface area contributed by atoms with Crippen molar-refractivity contribution >= 4 is 11.8 Å². The molecule has 0 spiro atoms. The number of carbonyl (C=O) groups excluding carboxylic acids is 2. The summed E-state index contributed by atoms with van der Waals surface area (Å²) < 4.78 is 0. The van der Waals surface area contributed by atoms with Crippen molar-refractivity contribution in [3.63, 3.8) is 0 Å². The van der Waals surface area contributed by atoms with Crippen LogP contribution in [0.2, 0.25) is 0 Å². The van der Waals surface area contributed by atoms with E-state index in [9.17, 15) is 9.59 Å². The average Bonchev–Trinajstić information content (AvgIpc) is 2.63. The number of nitrogens with two attached hydrogens (primary N) is 1. The number of nitrogens with zero attached hydrogens (tertiary/aromatic N) is 1. The molecular formula is C9H13N3O2. The van der Waals surface area contributed by atoms with Crippen LogP contribution in [0.5, 0.6) is 0 Å². The molecule has 0 aromatic carbocycles. The molecule has 0 aliphatic heterocycles. The van der Waals surface area contributed by atoms with Crippen LogP contribution >= 0.6 is 0 Å². The molecule has 5 heteroatoms. The fraction of sp³-hybridized carbons (Fsp3) is 0.667. The van der Waals surface area contributed by atoms with E-state index in [-0.39, 0.29) is 12.5 Å². The molecule has 0 heterocycles. The van der Waals surface area contributed by atoms with E-state index in [0.717, 1.165) is 12.8 Å². The molecule has 0 bridgehead atoms. The first kappa shape index (κ1) is 10.5. The van der Waals surface area contributed by atoms with E-state index in [1.807, 2.05) is 6.07 Å². The Morgan fingerprint density at radius 2 is 2.00 bits per heavy atom. The Hall–Kier alpha value is -1.57. The van der Waals surface area contributed by atoms with Crippen LogP contribution in [0.15, 0.2) is 0 Å².